The van der Waals surface area contributed by atoms with E-state index in [-0.39, 0.29) is 23.9 Å². The van der Waals surface area contributed by atoms with Gasteiger partial charge >= 0.3 is 0 Å². The van der Waals surface area contributed by atoms with E-state index in [4.69, 9.17) is 0 Å². The predicted molar refractivity (Wildman–Crippen MR) is 102 cm³/mol. The van der Waals surface area contributed by atoms with Crippen LogP contribution in [0.4, 0.5) is 15.8 Å². The van der Waals surface area contributed by atoms with Gasteiger partial charge in [0.05, 0.1) is 6.54 Å². The Morgan fingerprint density at radius 3 is 2.35 bits per heavy atom. The molecule has 0 atom stereocenters. The number of hydrogen-bond acceptors (Lipinski definition) is 3. The van der Waals surface area contributed by atoms with Crippen molar-refractivity contribution < 1.29 is 14.0 Å². The van der Waals surface area contributed by atoms with Gasteiger partial charge in [-0.05, 0) is 62.7 Å². The molecule has 0 saturated heterocycles. The molecular formula is C20H24FN3O2. The maximum absolute atomic E-state index is 13.1. The van der Waals surface area contributed by atoms with Crippen molar-refractivity contribution in [3.63, 3.8) is 0 Å². The van der Waals surface area contributed by atoms with E-state index < -0.39 is 5.82 Å². The molecular weight excluding hydrogens is 333 g/mol. The largest absolute Gasteiger partial charge is 0.376 e. The summed E-state index contributed by atoms with van der Waals surface area (Å²) in [6, 6.07) is 12.6. The molecule has 0 aliphatic carbocycles. The van der Waals surface area contributed by atoms with Gasteiger partial charge in [-0.15, -0.1) is 0 Å². The van der Waals surface area contributed by atoms with Gasteiger partial charge in [0.2, 0.25) is 5.91 Å². The first-order chi connectivity index (χ1) is 12.3. The van der Waals surface area contributed by atoms with Gasteiger partial charge in [0.15, 0.2) is 0 Å². The Hall–Kier alpha value is -2.89. The van der Waals surface area contributed by atoms with Crippen LogP contribution in [0.3, 0.4) is 0 Å². The van der Waals surface area contributed by atoms with Crippen LogP contribution in [0.5, 0.6) is 0 Å². The maximum atomic E-state index is 13.1. The Balaban J connectivity index is 1.87. The highest BCUT2D eigenvalue weighted by Gasteiger charge is 2.18. The molecule has 0 bridgehead atoms. The third kappa shape index (κ3) is 5.88. The number of nitrogens with one attached hydrogen (secondary N) is 3. The van der Waals surface area contributed by atoms with Crippen LogP contribution < -0.4 is 16.0 Å². The number of carbonyl (C=O) groups is 2. The molecule has 2 amide bonds. The number of amides is 2. The van der Waals surface area contributed by atoms with E-state index in [1.807, 2.05) is 20.8 Å². The lowest BCUT2D eigenvalue weighted by molar-refractivity contribution is -0.114. The normalized spacial score (nSPS) is 10.9. The van der Waals surface area contributed by atoms with Gasteiger partial charge in [0.25, 0.3) is 5.91 Å². The van der Waals surface area contributed by atoms with Crippen LogP contribution in [0.25, 0.3) is 0 Å². The SMILES string of the molecule is CCC(C)(C)NC(=O)c1ccc(NCC(=O)Nc2cccc(F)c2)cc1. The Kier molecular flexibility index (Phi) is 6.33. The highest BCUT2D eigenvalue weighted by molar-refractivity contribution is 5.95. The minimum absolute atomic E-state index is 0.0327. The van der Waals surface area contributed by atoms with E-state index >= 15 is 0 Å². The predicted octanol–water partition coefficient (Wildman–Crippen LogP) is 3.79. The van der Waals surface area contributed by atoms with Crippen LogP contribution in [0.2, 0.25) is 0 Å². The third-order valence-electron chi connectivity index (χ3n) is 4.04. The summed E-state index contributed by atoms with van der Waals surface area (Å²) < 4.78 is 13.1. The maximum Gasteiger partial charge on any atom is 0.251 e. The van der Waals surface area contributed by atoms with Gasteiger partial charge in [-0.3, -0.25) is 9.59 Å². The zero-order valence-corrected chi connectivity index (χ0v) is 15.2. The molecule has 0 spiro atoms. The lowest BCUT2D eigenvalue weighted by Gasteiger charge is -2.24. The van der Waals surface area contributed by atoms with E-state index in [9.17, 15) is 14.0 Å². The van der Waals surface area contributed by atoms with Crippen LogP contribution in [0, 0.1) is 5.82 Å². The Morgan fingerprint density at radius 2 is 1.73 bits per heavy atom. The molecule has 0 aromatic heterocycles. The Bertz CT molecular complexity index is 773. The van der Waals surface area contributed by atoms with Crippen molar-refractivity contribution in [3.8, 4) is 0 Å². The van der Waals surface area contributed by atoms with E-state index in [1.54, 1.807) is 30.3 Å². The second kappa shape index (κ2) is 8.47. The van der Waals surface area contributed by atoms with E-state index in [1.165, 1.54) is 18.2 Å². The molecule has 0 saturated carbocycles. The number of halogens is 1. The lowest BCUT2D eigenvalue weighted by Crippen LogP contribution is -2.42. The average molecular weight is 357 g/mol. The van der Waals surface area contributed by atoms with Gasteiger partial charge in [-0.25, -0.2) is 4.39 Å². The smallest absolute Gasteiger partial charge is 0.251 e. The van der Waals surface area contributed by atoms with E-state index in [0.717, 1.165) is 6.42 Å². The molecule has 138 valence electrons. The first-order valence-corrected chi connectivity index (χ1v) is 8.51. The second-order valence-corrected chi connectivity index (χ2v) is 6.68. The van der Waals surface area contributed by atoms with Crippen molar-refractivity contribution in [2.75, 3.05) is 17.2 Å². The van der Waals surface area contributed by atoms with Crippen molar-refractivity contribution in [1.29, 1.82) is 0 Å². The zero-order valence-electron chi connectivity index (χ0n) is 15.2. The Labute approximate surface area is 153 Å². The van der Waals surface area contributed by atoms with Gasteiger partial charge in [-0.1, -0.05) is 13.0 Å². The molecule has 2 aromatic carbocycles. The Morgan fingerprint density at radius 1 is 1.04 bits per heavy atom. The van der Waals surface area contributed by atoms with Crippen LogP contribution in [-0.4, -0.2) is 23.9 Å². The van der Waals surface area contributed by atoms with Crippen molar-refractivity contribution in [2.24, 2.45) is 0 Å². The average Bonchev–Trinajstić information content (AvgIpc) is 2.60. The fourth-order valence-electron chi connectivity index (χ4n) is 2.16. The summed E-state index contributed by atoms with van der Waals surface area (Å²) in [6.45, 7) is 5.99. The van der Waals surface area contributed by atoms with Gasteiger partial charge in [-0.2, -0.15) is 0 Å². The van der Waals surface area contributed by atoms with Crippen LogP contribution in [-0.2, 0) is 4.79 Å². The molecule has 0 heterocycles. The van der Waals surface area contributed by atoms with Crippen molar-refractivity contribution in [3.05, 3.63) is 59.9 Å². The molecule has 5 nitrogen and oxygen atoms in total. The topological polar surface area (TPSA) is 70.2 Å². The summed E-state index contributed by atoms with van der Waals surface area (Å²) >= 11 is 0. The lowest BCUT2D eigenvalue weighted by atomic mass is 10.0. The van der Waals surface area contributed by atoms with Gasteiger partial charge in [0, 0.05) is 22.5 Å². The summed E-state index contributed by atoms with van der Waals surface area (Å²) in [7, 11) is 0. The molecule has 0 unspecified atom stereocenters. The van der Waals surface area contributed by atoms with Crippen LogP contribution in [0.15, 0.2) is 48.5 Å². The number of hydrogen-bond donors (Lipinski definition) is 3. The molecule has 26 heavy (non-hydrogen) atoms. The summed E-state index contributed by atoms with van der Waals surface area (Å²) in [5.74, 6) is -0.828. The minimum Gasteiger partial charge on any atom is -0.376 e. The molecule has 0 aliphatic rings. The molecule has 2 aromatic rings. The number of benzene rings is 2. The summed E-state index contributed by atoms with van der Waals surface area (Å²) in [6.07, 6.45) is 0.832. The van der Waals surface area contributed by atoms with Crippen molar-refractivity contribution in [1.82, 2.24) is 5.32 Å². The quantitative estimate of drug-likeness (QED) is 0.706. The van der Waals surface area contributed by atoms with E-state index in [0.29, 0.717) is 16.9 Å². The second-order valence-electron chi connectivity index (χ2n) is 6.68. The fourth-order valence-corrected chi connectivity index (χ4v) is 2.16. The first kappa shape index (κ1) is 19.4. The monoisotopic (exact) mass is 357 g/mol. The minimum atomic E-state index is -0.407. The molecule has 6 heteroatoms. The summed E-state index contributed by atoms with van der Waals surface area (Å²) in [5.41, 5.74) is 1.41. The standard InChI is InChI=1S/C20H24FN3O2/c1-4-20(2,3)24-19(26)14-8-10-16(11-9-14)22-13-18(25)23-17-7-5-6-15(21)12-17/h5-12,22H,4,13H2,1-3H3,(H,23,25)(H,24,26). The van der Waals surface area contributed by atoms with E-state index in [2.05, 4.69) is 16.0 Å². The molecule has 0 fully saturated rings. The number of carbonyl (C=O) groups excluding carboxylic acids is 2. The zero-order chi connectivity index (χ0) is 19.2. The first-order valence-electron chi connectivity index (χ1n) is 8.51. The molecule has 0 radical (unpaired) electrons. The summed E-state index contributed by atoms with van der Waals surface area (Å²) in [4.78, 5) is 24.1. The van der Waals surface area contributed by atoms with Gasteiger partial charge in [0.1, 0.15) is 5.82 Å². The van der Waals surface area contributed by atoms with Gasteiger partial charge < -0.3 is 16.0 Å². The molecule has 0 aliphatic heterocycles. The molecule has 3 N–H and O–H groups in total. The highest BCUT2D eigenvalue weighted by atomic mass is 19.1. The molecule has 2 rings (SSSR count). The fraction of sp³-hybridized carbons (Fsp3) is 0.300. The highest BCUT2D eigenvalue weighted by Crippen LogP contribution is 2.13. The van der Waals surface area contributed by atoms with Crippen molar-refractivity contribution in [2.45, 2.75) is 32.7 Å². The number of rotatable bonds is 7. The van der Waals surface area contributed by atoms with Crippen LogP contribution >= 0.6 is 0 Å². The summed E-state index contributed by atoms with van der Waals surface area (Å²) in [5, 5.41) is 8.55. The van der Waals surface area contributed by atoms with Crippen molar-refractivity contribution >= 4 is 23.2 Å². The van der Waals surface area contributed by atoms with Crippen LogP contribution in [0.1, 0.15) is 37.6 Å². The number of anilines is 2. The third-order valence-corrected chi connectivity index (χ3v) is 4.04.